The Morgan fingerprint density at radius 1 is 1.07 bits per heavy atom. The second-order valence-electron chi connectivity index (χ2n) is 6.53. The molecule has 2 aromatic carbocycles. The highest BCUT2D eigenvalue weighted by Gasteiger charge is 2.13. The van der Waals surface area contributed by atoms with Crippen LogP contribution in [0.15, 0.2) is 36.4 Å². The molecule has 0 aliphatic carbocycles. The Morgan fingerprint density at radius 3 is 2.46 bits per heavy atom. The quantitative estimate of drug-likeness (QED) is 0.328. The predicted molar refractivity (Wildman–Crippen MR) is 108 cm³/mol. The highest BCUT2D eigenvalue weighted by Crippen LogP contribution is 2.28. The summed E-state index contributed by atoms with van der Waals surface area (Å²) in [6.07, 6.45) is 1.45. The normalized spacial score (nSPS) is 10.8. The fraction of sp³-hybridized carbons (Fsp3) is 0.429. The summed E-state index contributed by atoms with van der Waals surface area (Å²) in [5.41, 5.74) is 1.97. The lowest BCUT2D eigenvalue weighted by Crippen LogP contribution is -2.20. The zero-order valence-corrected chi connectivity index (χ0v) is 16.9. The van der Waals surface area contributed by atoms with Crippen molar-refractivity contribution < 1.29 is 19.1 Å². The second-order valence-corrected chi connectivity index (χ2v) is 6.53. The Hall–Kier alpha value is -2.80. The van der Waals surface area contributed by atoms with Crippen LogP contribution in [0.2, 0.25) is 0 Å². The number of nitrogens with zero attached hydrogens (tertiary/aromatic N) is 2. The summed E-state index contributed by atoms with van der Waals surface area (Å²) in [4.78, 5) is 12.8. The molecule has 0 N–H and O–H groups in total. The fourth-order valence-electron chi connectivity index (χ4n) is 3.01. The summed E-state index contributed by atoms with van der Waals surface area (Å²) in [7, 11) is 5.31. The fourth-order valence-corrected chi connectivity index (χ4v) is 3.01. The van der Waals surface area contributed by atoms with Crippen molar-refractivity contribution in [1.29, 1.82) is 0 Å². The topological polar surface area (TPSA) is 74.1 Å². The van der Waals surface area contributed by atoms with Gasteiger partial charge in [0.05, 0.1) is 25.7 Å². The Bertz CT molecular complexity index is 794. The molecule has 2 aromatic rings. The summed E-state index contributed by atoms with van der Waals surface area (Å²) in [6.45, 7) is 4.10. The van der Waals surface area contributed by atoms with E-state index in [1.807, 2.05) is 25.1 Å². The number of rotatable bonds is 11. The molecule has 7 nitrogen and oxygen atoms in total. The van der Waals surface area contributed by atoms with Crippen LogP contribution in [0, 0.1) is 10.1 Å². The van der Waals surface area contributed by atoms with Crippen LogP contribution >= 0.6 is 0 Å². The number of nitro benzene ring substituents is 1. The molecule has 0 saturated heterocycles. The van der Waals surface area contributed by atoms with E-state index in [4.69, 9.17) is 14.2 Å². The molecule has 0 atom stereocenters. The van der Waals surface area contributed by atoms with E-state index in [1.165, 1.54) is 6.07 Å². The van der Waals surface area contributed by atoms with E-state index in [-0.39, 0.29) is 10.6 Å². The molecule has 0 spiro atoms. The van der Waals surface area contributed by atoms with Crippen LogP contribution in [-0.2, 0) is 13.0 Å². The van der Waals surface area contributed by atoms with Gasteiger partial charge in [-0.25, -0.2) is 0 Å². The van der Waals surface area contributed by atoms with Crippen molar-refractivity contribution in [1.82, 2.24) is 4.90 Å². The maximum Gasteiger partial charge on any atom is 0.272 e. The van der Waals surface area contributed by atoms with Crippen molar-refractivity contribution in [3.8, 4) is 17.2 Å². The molecule has 0 heterocycles. The third kappa shape index (κ3) is 5.85. The molecule has 0 fully saturated rings. The van der Waals surface area contributed by atoms with Gasteiger partial charge < -0.3 is 19.1 Å². The molecule has 0 aromatic heterocycles. The van der Waals surface area contributed by atoms with E-state index in [0.29, 0.717) is 24.3 Å². The minimum absolute atomic E-state index is 0.143. The SMILES string of the molecule is CCc1cc(OCCCN(C)Cc2ccc(OC)c(OC)c2)ccc1[N+](=O)[O-]. The molecular weight excluding hydrogens is 360 g/mol. The van der Waals surface area contributed by atoms with Crippen LogP contribution in [0.1, 0.15) is 24.5 Å². The van der Waals surface area contributed by atoms with E-state index in [0.717, 1.165) is 36.6 Å². The number of aryl methyl sites for hydroxylation is 1. The van der Waals surface area contributed by atoms with E-state index < -0.39 is 0 Å². The van der Waals surface area contributed by atoms with Crippen molar-refractivity contribution in [3.05, 3.63) is 57.6 Å². The standard InChI is InChI=1S/C21H28N2O5/c1-5-17-14-18(8-9-19(17)23(24)25)28-12-6-11-22(2)15-16-7-10-20(26-3)21(13-16)27-4/h7-10,13-14H,5-6,11-12,15H2,1-4H3. The zero-order chi connectivity index (χ0) is 20.5. The molecule has 0 saturated carbocycles. The summed E-state index contributed by atoms with van der Waals surface area (Å²) >= 11 is 0. The van der Waals surface area contributed by atoms with Gasteiger partial charge in [0, 0.05) is 24.7 Å². The van der Waals surface area contributed by atoms with Gasteiger partial charge in [0.25, 0.3) is 5.69 Å². The molecule has 0 amide bonds. The smallest absolute Gasteiger partial charge is 0.272 e. The van der Waals surface area contributed by atoms with Crippen LogP contribution in [-0.4, -0.2) is 44.2 Å². The lowest BCUT2D eigenvalue weighted by molar-refractivity contribution is -0.385. The molecule has 0 bridgehead atoms. The third-order valence-electron chi connectivity index (χ3n) is 4.48. The Labute approximate surface area is 166 Å². The maximum absolute atomic E-state index is 11.0. The molecule has 0 radical (unpaired) electrons. The monoisotopic (exact) mass is 388 g/mol. The first kappa shape index (κ1) is 21.5. The number of hydrogen-bond donors (Lipinski definition) is 0. The zero-order valence-electron chi connectivity index (χ0n) is 16.9. The Morgan fingerprint density at radius 2 is 1.82 bits per heavy atom. The average molecular weight is 388 g/mol. The van der Waals surface area contributed by atoms with Crippen LogP contribution in [0.4, 0.5) is 5.69 Å². The van der Waals surface area contributed by atoms with Crippen LogP contribution < -0.4 is 14.2 Å². The molecule has 2 rings (SSSR count). The van der Waals surface area contributed by atoms with Gasteiger partial charge in [-0.05, 0) is 49.7 Å². The molecule has 0 unspecified atom stereocenters. The molecule has 7 heteroatoms. The number of hydrogen-bond acceptors (Lipinski definition) is 6. The lowest BCUT2D eigenvalue weighted by Gasteiger charge is -2.18. The molecule has 152 valence electrons. The van der Waals surface area contributed by atoms with Gasteiger partial charge in [0.15, 0.2) is 11.5 Å². The molecule has 28 heavy (non-hydrogen) atoms. The Kier molecular flexibility index (Phi) is 8.07. The van der Waals surface area contributed by atoms with E-state index in [1.54, 1.807) is 26.4 Å². The Balaban J connectivity index is 1.81. The minimum atomic E-state index is -0.355. The highest BCUT2D eigenvalue weighted by molar-refractivity contribution is 5.45. The highest BCUT2D eigenvalue weighted by atomic mass is 16.6. The summed E-state index contributed by atoms with van der Waals surface area (Å²) < 4.78 is 16.4. The van der Waals surface area contributed by atoms with E-state index in [2.05, 4.69) is 11.9 Å². The first-order valence-corrected chi connectivity index (χ1v) is 9.28. The molecular formula is C21H28N2O5. The van der Waals surface area contributed by atoms with Crippen molar-refractivity contribution in [2.24, 2.45) is 0 Å². The maximum atomic E-state index is 11.0. The van der Waals surface area contributed by atoms with Gasteiger partial charge in [-0.3, -0.25) is 10.1 Å². The second kappa shape index (κ2) is 10.5. The van der Waals surface area contributed by atoms with Gasteiger partial charge in [0.1, 0.15) is 5.75 Å². The van der Waals surface area contributed by atoms with Crippen molar-refractivity contribution in [2.45, 2.75) is 26.3 Å². The van der Waals surface area contributed by atoms with Crippen molar-refractivity contribution in [2.75, 3.05) is 34.4 Å². The van der Waals surface area contributed by atoms with Crippen molar-refractivity contribution in [3.63, 3.8) is 0 Å². The van der Waals surface area contributed by atoms with Crippen LogP contribution in [0.25, 0.3) is 0 Å². The number of methoxy groups -OCH3 is 2. The van der Waals surface area contributed by atoms with Crippen LogP contribution in [0.3, 0.4) is 0 Å². The van der Waals surface area contributed by atoms with Gasteiger partial charge >= 0.3 is 0 Å². The number of benzene rings is 2. The first-order chi connectivity index (χ1) is 13.5. The van der Waals surface area contributed by atoms with Gasteiger partial charge in [0.2, 0.25) is 0 Å². The molecule has 0 aliphatic heterocycles. The van der Waals surface area contributed by atoms with E-state index >= 15 is 0 Å². The predicted octanol–water partition coefficient (Wildman–Crippen LogP) is 4.08. The number of ether oxygens (including phenoxy) is 3. The largest absolute Gasteiger partial charge is 0.494 e. The minimum Gasteiger partial charge on any atom is -0.494 e. The summed E-state index contributed by atoms with van der Waals surface area (Å²) in [5.74, 6) is 2.11. The van der Waals surface area contributed by atoms with Crippen LogP contribution in [0.5, 0.6) is 17.2 Å². The third-order valence-corrected chi connectivity index (χ3v) is 4.48. The average Bonchev–Trinajstić information content (AvgIpc) is 2.70. The first-order valence-electron chi connectivity index (χ1n) is 9.28. The lowest BCUT2D eigenvalue weighted by atomic mass is 10.1. The summed E-state index contributed by atoms with van der Waals surface area (Å²) in [5, 5.41) is 11.0. The van der Waals surface area contributed by atoms with E-state index in [9.17, 15) is 10.1 Å². The summed E-state index contributed by atoms with van der Waals surface area (Å²) in [6, 6.07) is 10.8. The van der Waals surface area contributed by atoms with Gasteiger partial charge in [-0.2, -0.15) is 0 Å². The van der Waals surface area contributed by atoms with Gasteiger partial charge in [-0.15, -0.1) is 0 Å². The van der Waals surface area contributed by atoms with Crippen molar-refractivity contribution >= 4 is 5.69 Å². The number of nitro groups is 1. The molecule has 0 aliphatic rings. The van der Waals surface area contributed by atoms with Gasteiger partial charge in [-0.1, -0.05) is 13.0 Å².